The van der Waals surface area contributed by atoms with Gasteiger partial charge in [0.1, 0.15) is 0 Å². The van der Waals surface area contributed by atoms with Crippen LogP contribution in [0.1, 0.15) is 43.2 Å². The third kappa shape index (κ3) is 4.31. The van der Waals surface area contributed by atoms with Crippen LogP contribution < -0.4 is 5.32 Å². The minimum Gasteiger partial charge on any atom is -0.392 e. The fourth-order valence-corrected chi connectivity index (χ4v) is 3.15. The van der Waals surface area contributed by atoms with Crippen molar-refractivity contribution in [1.82, 2.24) is 10.2 Å². The molecule has 1 aromatic carbocycles. The van der Waals surface area contributed by atoms with Crippen LogP contribution in [0.15, 0.2) is 24.3 Å². The lowest BCUT2D eigenvalue weighted by Gasteiger charge is -2.21. The lowest BCUT2D eigenvalue weighted by atomic mass is 10.1. The van der Waals surface area contributed by atoms with Crippen LogP contribution in [-0.2, 0) is 17.9 Å². The molecule has 1 saturated heterocycles. The number of benzene rings is 1. The van der Waals surface area contributed by atoms with Gasteiger partial charge in [-0.3, -0.25) is 4.79 Å². The molecule has 120 valence electrons. The third-order valence-electron chi connectivity index (χ3n) is 4.75. The van der Waals surface area contributed by atoms with Crippen LogP contribution in [0.4, 0.5) is 0 Å². The molecule has 1 heterocycles. The van der Waals surface area contributed by atoms with Gasteiger partial charge in [0.2, 0.25) is 5.91 Å². The predicted octanol–water partition coefficient (Wildman–Crippen LogP) is 2.06. The van der Waals surface area contributed by atoms with E-state index in [1.54, 1.807) is 0 Å². The summed E-state index contributed by atoms with van der Waals surface area (Å²) in [7, 11) is 0. The van der Waals surface area contributed by atoms with E-state index in [-0.39, 0.29) is 6.61 Å². The van der Waals surface area contributed by atoms with Gasteiger partial charge in [0, 0.05) is 32.1 Å². The second-order valence-corrected chi connectivity index (χ2v) is 6.67. The lowest BCUT2D eigenvalue weighted by molar-refractivity contribution is -0.130. The van der Waals surface area contributed by atoms with Crippen molar-refractivity contribution in [2.75, 3.05) is 13.1 Å². The van der Waals surface area contributed by atoms with Crippen molar-refractivity contribution >= 4 is 5.91 Å². The molecular weight excluding hydrogens is 276 g/mol. The molecule has 0 radical (unpaired) electrons. The van der Waals surface area contributed by atoms with Gasteiger partial charge in [-0.1, -0.05) is 24.3 Å². The molecule has 0 bridgehead atoms. The van der Waals surface area contributed by atoms with Gasteiger partial charge in [-0.2, -0.15) is 0 Å². The summed E-state index contributed by atoms with van der Waals surface area (Å²) in [6.07, 6.45) is 5.23. The van der Waals surface area contributed by atoms with Crippen molar-refractivity contribution in [2.45, 2.75) is 51.3 Å². The lowest BCUT2D eigenvalue weighted by Crippen LogP contribution is -2.33. The van der Waals surface area contributed by atoms with Crippen molar-refractivity contribution < 1.29 is 9.90 Å². The molecule has 1 atom stereocenters. The molecule has 4 nitrogen and oxygen atoms in total. The number of carbonyl (C=O) groups excluding carboxylic acids is 1. The van der Waals surface area contributed by atoms with Crippen LogP contribution in [0.2, 0.25) is 0 Å². The largest absolute Gasteiger partial charge is 0.392 e. The molecule has 2 N–H and O–H groups in total. The first-order valence-electron chi connectivity index (χ1n) is 8.44. The maximum Gasteiger partial charge on any atom is 0.222 e. The van der Waals surface area contributed by atoms with E-state index in [2.05, 4.69) is 16.3 Å². The molecule has 1 saturated carbocycles. The van der Waals surface area contributed by atoms with Crippen molar-refractivity contribution in [3.63, 3.8) is 0 Å². The summed E-state index contributed by atoms with van der Waals surface area (Å²) in [5.74, 6) is 1.10. The Balaban J connectivity index is 1.49. The number of hydrogen-bond donors (Lipinski definition) is 2. The number of rotatable bonds is 6. The molecule has 1 aliphatic heterocycles. The Hall–Kier alpha value is -1.39. The van der Waals surface area contributed by atoms with E-state index in [0.717, 1.165) is 44.0 Å². The summed E-state index contributed by atoms with van der Waals surface area (Å²) in [6, 6.07) is 8.44. The van der Waals surface area contributed by atoms with Gasteiger partial charge in [-0.25, -0.2) is 0 Å². The zero-order valence-electron chi connectivity index (χ0n) is 13.1. The Morgan fingerprint density at radius 3 is 2.77 bits per heavy atom. The second kappa shape index (κ2) is 7.25. The highest BCUT2D eigenvalue weighted by Crippen LogP contribution is 2.30. The maximum absolute atomic E-state index is 12.2. The van der Waals surface area contributed by atoms with Gasteiger partial charge < -0.3 is 15.3 Å². The van der Waals surface area contributed by atoms with Crippen LogP contribution >= 0.6 is 0 Å². The smallest absolute Gasteiger partial charge is 0.222 e. The summed E-state index contributed by atoms with van der Waals surface area (Å²) in [5.41, 5.74) is 2.14. The summed E-state index contributed by atoms with van der Waals surface area (Å²) in [5, 5.41) is 12.8. The van der Waals surface area contributed by atoms with E-state index in [0.29, 0.717) is 18.4 Å². The highest BCUT2D eigenvalue weighted by atomic mass is 16.3. The van der Waals surface area contributed by atoms with Crippen LogP contribution in [-0.4, -0.2) is 35.0 Å². The Labute approximate surface area is 132 Å². The van der Waals surface area contributed by atoms with E-state index < -0.39 is 0 Å². The number of aliphatic hydroxyl groups is 1. The molecule has 2 fully saturated rings. The van der Waals surface area contributed by atoms with Gasteiger partial charge >= 0.3 is 0 Å². The van der Waals surface area contributed by atoms with E-state index in [1.165, 1.54) is 18.4 Å². The van der Waals surface area contributed by atoms with Gasteiger partial charge in [0.25, 0.3) is 0 Å². The molecule has 1 aromatic rings. The van der Waals surface area contributed by atoms with Crippen molar-refractivity contribution in [1.29, 1.82) is 0 Å². The number of nitrogens with one attached hydrogen (secondary N) is 1. The highest BCUT2D eigenvalue weighted by Gasteiger charge is 2.28. The van der Waals surface area contributed by atoms with Crippen molar-refractivity contribution in [2.24, 2.45) is 5.92 Å². The average molecular weight is 302 g/mol. The zero-order chi connectivity index (χ0) is 15.4. The van der Waals surface area contributed by atoms with E-state index >= 15 is 0 Å². The van der Waals surface area contributed by atoms with E-state index in [1.807, 2.05) is 18.2 Å². The quantitative estimate of drug-likeness (QED) is 0.846. The number of carbonyl (C=O) groups is 1. The second-order valence-electron chi connectivity index (χ2n) is 6.67. The average Bonchev–Trinajstić information content (AvgIpc) is 3.37. The number of hydrogen-bond acceptors (Lipinski definition) is 3. The van der Waals surface area contributed by atoms with Crippen LogP contribution in [0, 0.1) is 5.92 Å². The molecule has 0 unspecified atom stereocenters. The molecular formula is C18H26N2O2. The Kier molecular flexibility index (Phi) is 5.11. The van der Waals surface area contributed by atoms with Crippen LogP contribution in [0.3, 0.4) is 0 Å². The maximum atomic E-state index is 12.2. The molecule has 2 aliphatic rings. The highest BCUT2D eigenvalue weighted by molar-refractivity contribution is 5.76. The van der Waals surface area contributed by atoms with E-state index in [4.69, 9.17) is 0 Å². The van der Waals surface area contributed by atoms with Crippen molar-refractivity contribution in [3.8, 4) is 0 Å². The Morgan fingerprint density at radius 1 is 1.18 bits per heavy atom. The van der Waals surface area contributed by atoms with Gasteiger partial charge in [0.15, 0.2) is 0 Å². The summed E-state index contributed by atoms with van der Waals surface area (Å²) < 4.78 is 0. The fourth-order valence-electron chi connectivity index (χ4n) is 3.15. The normalized spacial score (nSPS) is 22.7. The van der Waals surface area contributed by atoms with Crippen molar-refractivity contribution in [3.05, 3.63) is 35.4 Å². The topological polar surface area (TPSA) is 52.6 Å². The molecule has 1 amide bonds. The van der Waals surface area contributed by atoms with Gasteiger partial charge in [-0.05, 0) is 42.7 Å². The monoisotopic (exact) mass is 302 g/mol. The van der Waals surface area contributed by atoms with Crippen LogP contribution in [0.5, 0.6) is 0 Å². The molecule has 0 aromatic heterocycles. The van der Waals surface area contributed by atoms with E-state index in [9.17, 15) is 9.90 Å². The first-order chi connectivity index (χ1) is 10.7. The number of nitrogens with zero attached hydrogens (tertiary/aromatic N) is 1. The Morgan fingerprint density at radius 2 is 2.00 bits per heavy atom. The first kappa shape index (κ1) is 15.5. The number of amides is 1. The molecule has 4 heteroatoms. The summed E-state index contributed by atoms with van der Waals surface area (Å²) in [4.78, 5) is 14.2. The first-order valence-corrected chi connectivity index (χ1v) is 8.44. The molecule has 3 rings (SSSR count). The summed E-state index contributed by atoms with van der Waals surface area (Å²) in [6.45, 7) is 2.75. The SMILES string of the molecule is O=C1CC[C@H](NCc2cccc(CO)c2)CCN1CC1CC1. The Bertz CT molecular complexity index is 514. The zero-order valence-corrected chi connectivity index (χ0v) is 13.1. The van der Waals surface area contributed by atoms with Gasteiger partial charge in [0.05, 0.1) is 6.61 Å². The fraction of sp³-hybridized carbons (Fsp3) is 0.611. The third-order valence-corrected chi connectivity index (χ3v) is 4.75. The number of likely N-dealkylation sites (tertiary alicyclic amines) is 1. The predicted molar refractivity (Wildman–Crippen MR) is 86.1 cm³/mol. The summed E-state index contributed by atoms with van der Waals surface area (Å²) >= 11 is 0. The molecule has 1 aliphatic carbocycles. The van der Waals surface area contributed by atoms with Gasteiger partial charge in [-0.15, -0.1) is 0 Å². The minimum atomic E-state index is 0.0852. The standard InChI is InChI=1S/C18H26N2O2/c21-13-16-3-1-2-15(10-16)11-19-17-6-7-18(22)20(9-8-17)12-14-4-5-14/h1-3,10,14,17,19,21H,4-9,11-13H2/t17-/m0/s1. The molecule has 22 heavy (non-hydrogen) atoms. The minimum absolute atomic E-state index is 0.0852. The number of aliphatic hydroxyl groups excluding tert-OH is 1. The molecule has 0 spiro atoms. The van der Waals surface area contributed by atoms with Crippen LogP contribution in [0.25, 0.3) is 0 Å².